The lowest BCUT2D eigenvalue weighted by atomic mass is 10.2. The zero-order chi connectivity index (χ0) is 15.7. The number of hydrogen-bond donors (Lipinski definition) is 2. The second-order valence-corrected chi connectivity index (χ2v) is 5.71. The standard InChI is InChI=1S/C15H20BrNO4/c1-11(21-13-6-4-5-12(16)9-13)10-17-14(18)7-2-3-8-15(19)20/h4-6,9,11H,2-3,7-8,10H2,1H3,(H,17,18)(H,19,20). The first-order chi connectivity index (χ1) is 9.97. The molecule has 0 heterocycles. The van der Waals surface area contributed by atoms with Gasteiger partial charge in [0.1, 0.15) is 11.9 Å². The molecule has 1 rings (SSSR count). The van der Waals surface area contributed by atoms with Crippen LogP contribution >= 0.6 is 15.9 Å². The Balaban J connectivity index is 2.18. The molecule has 0 aliphatic carbocycles. The number of carboxylic acid groups (broad SMARTS) is 1. The number of halogens is 1. The second-order valence-electron chi connectivity index (χ2n) is 4.79. The minimum Gasteiger partial charge on any atom is -0.489 e. The molecule has 2 N–H and O–H groups in total. The van der Waals surface area contributed by atoms with Crippen molar-refractivity contribution >= 4 is 27.8 Å². The molecule has 0 bridgehead atoms. The van der Waals surface area contributed by atoms with Gasteiger partial charge < -0.3 is 15.2 Å². The fourth-order valence-electron chi connectivity index (χ4n) is 1.72. The van der Waals surface area contributed by atoms with Crippen LogP contribution in [0.1, 0.15) is 32.6 Å². The highest BCUT2D eigenvalue weighted by Gasteiger charge is 2.07. The van der Waals surface area contributed by atoms with Crippen LogP contribution in [0.25, 0.3) is 0 Å². The summed E-state index contributed by atoms with van der Waals surface area (Å²) >= 11 is 3.37. The Labute approximate surface area is 132 Å². The number of carbonyl (C=O) groups excluding carboxylic acids is 1. The number of rotatable bonds is 9. The van der Waals surface area contributed by atoms with Crippen LogP contribution in [0.5, 0.6) is 5.75 Å². The van der Waals surface area contributed by atoms with E-state index in [4.69, 9.17) is 9.84 Å². The molecular weight excluding hydrogens is 338 g/mol. The van der Waals surface area contributed by atoms with Crippen molar-refractivity contribution in [3.63, 3.8) is 0 Å². The van der Waals surface area contributed by atoms with Crippen molar-refractivity contribution < 1.29 is 19.4 Å². The Morgan fingerprint density at radius 2 is 2.05 bits per heavy atom. The van der Waals surface area contributed by atoms with Crippen molar-refractivity contribution in [1.82, 2.24) is 5.32 Å². The first-order valence-corrected chi connectivity index (χ1v) is 7.67. The van der Waals surface area contributed by atoms with E-state index in [2.05, 4.69) is 21.2 Å². The number of unbranched alkanes of at least 4 members (excludes halogenated alkanes) is 1. The molecular formula is C15H20BrNO4. The molecule has 0 radical (unpaired) electrons. The van der Waals surface area contributed by atoms with Crippen LogP contribution < -0.4 is 10.1 Å². The third-order valence-corrected chi connectivity index (χ3v) is 3.26. The normalized spacial score (nSPS) is 11.7. The topological polar surface area (TPSA) is 75.6 Å². The molecule has 0 aliphatic rings. The molecule has 0 saturated carbocycles. The van der Waals surface area contributed by atoms with Gasteiger partial charge in [0.2, 0.25) is 5.91 Å². The average molecular weight is 358 g/mol. The lowest BCUT2D eigenvalue weighted by Crippen LogP contribution is -2.33. The molecule has 1 amide bonds. The summed E-state index contributed by atoms with van der Waals surface area (Å²) in [7, 11) is 0. The Morgan fingerprint density at radius 1 is 1.33 bits per heavy atom. The van der Waals surface area contributed by atoms with Gasteiger partial charge >= 0.3 is 5.97 Å². The number of hydrogen-bond acceptors (Lipinski definition) is 3. The van der Waals surface area contributed by atoms with Gasteiger partial charge in [-0.05, 0) is 38.0 Å². The quantitative estimate of drug-likeness (QED) is 0.666. The largest absolute Gasteiger partial charge is 0.489 e. The maximum Gasteiger partial charge on any atom is 0.303 e. The minimum atomic E-state index is -0.827. The van der Waals surface area contributed by atoms with E-state index in [-0.39, 0.29) is 18.4 Å². The fourth-order valence-corrected chi connectivity index (χ4v) is 2.10. The summed E-state index contributed by atoms with van der Waals surface area (Å²) in [6, 6.07) is 7.52. The van der Waals surface area contributed by atoms with Crippen LogP contribution in [0.2, 0.25) is 0 Å². The first-order valence-electron chi connectivity index (χ1n) is 6.88. The predicted molar refractivity (Wildman–Crippen MR) is 83.3 cm³/mol. The van der Waals surface area contributed by atoms with Gasteiger partial charge in [0.25, 0.3) is 0 Å². The van der Waals surface area contributed by atoms with Gasteiger partial charge in [-0.3, -0.25) is 9.59 Å². The van der Waals surface area contributed by atoms with Crippen LogP contribution in [0, 0.1) is 0 Å². The molecule has 0 spiro atoms. The molecule has 116 valence electrons. The van der Waals surface area contributed by atoms with E-state index < -0.39 is 5.97 Å². The lowest BCUT2D eigenvalue weighted by molar-refractivity contribution is -0.137. The van der Waals surface area contributed by atoms with Crippen LogP contribution in [-0.4, -0.2) is 29.6 Å². The van der Waals surface area contributed by atoms with E-state index in [1.165, 1.54) is 0 Å². The zero-order valence-corrected chi connectivity index (χ0v) is 13.6. The van der Waals surface area contributed by atoms with Crippen LogP contribution in [-0.2, 0) is 9.59 Å². The number of amides is 1. The van der Waals surface area contributed by atoms with Gasteiger partial charge in [-0.2, -0.15) is 0 Å². The predicted octanol–water partition coefficient (Wildman–Crippen LogP) is 2.98. The van der Waals surface area contributed by atoms with Gasteiger partial charge in [-0.25, -0.2) is 0 Å². The summed E-state index contributed by atoms with van der Waals surface area (Å²) in [6.45, 7) is 2.30. The molecule has 5 nitrogen and oxygen atoms in total. The number of aliphatic carboxylic acids is 1. The molecule has 0 fully saturated rings. The third kappa shape index (κ3) is 8.34. The molecule has 0 aliphatic heterocycles. The van der Waals surface area contributed by atoms with Crippen molar-refractivity contribution in [3.8, 4) is 5.75 Å². The van der Waals surface area contributed by atoms with E-state index in [0.717, 1.165) is 10.2 Å². The highest BCUT2D eigenvalue weighted by atomic mass is 79.9. The van der Waals surface area contributed by atoms with Crippen LogP contribution in [0.3, 0.4) is 0 Å². The molecule has 1 aromatic carbocycles. The smallest absolute Gasteiger partial charge is 0.303 e. The number of carbonyl (C=O) groups is 2. The SMILES string of the molecule is CC(CNC(=O)CCCCC(=O)O)Oc1cccc(Br)c1. The van der Waals surface area contributed by atoms with Crippen molar-refractivity contribution in [2.75, 3.05) is 6.54 Å². The van der Waals surface area contributed by atoms with E-state index in [1.54, 1.807) is 0 Å². The van der Waals surface area contributed by atoms with Gasteiger partial charge in [0.15, 0.2) is 0 Å². The van der Waals surface area contributed by atoms with Crippen molar-refractivity contribution in [2.24, 2.45) is 0 Å². The van der Waals surface area contributed by atoms with Crippen molar-refractivity contribution in [2.45, 2.75) is 38.7 Å². The van der Waals surface area contributed by atoms with Crippen LogP contribution in [0.15, 0.2) is 28.7 Å². The average Bonchev–Trinajstić information content (AvgIpc) is 2.41. The molecule has 1 aromatic rings. The third-order valence-electron chi connectivity index (χ3n) is 2.76. The van der Waals surface area contributed by atoms with Gasteiger partial charge in [-0.1, -0.05) is 22.0 Å². The summed E-state index contributed by atoms with van der Waals surface area (Å²) in [5, 5.41) is 11.3. The summed E-state index contributed by atoms with van der Waals surface area (Å²) in [5.74, 6) is -0.163. The second kappa shape index (κ2) is 9.39. The number of benzene rings is 1. The highest BCUT2D eigenvalue weighted by Crippen LogP contribution is 2.18. The van der Waals surface area contributed by atoms with Crippen molar-refractivity contribution in [1.29, 1.82) is 0 Å². The molecule has 21 heavy (non-hydrogen) atoms. The lowest BCUT2D eigenvalue weighted by Gasteiger charge is -2.15. The van der Waals surface area contributed by atoms with E-state index in [9.17, 15) is 9.59 Å². The van der Waals surface area contributed by atoms with E-state index in [0.29, 0.717) is 25.8 Å². The molecule has 1 unspecified atom stereocenters. The fraction of sp³-hybridized carbons (Fsp3) is 0.467. The van der Waals surface area contributed by atoms with E-state index >= 15 is 0 Å². The summed E-state index contributed by atoms with van der Waals surface area (Å²) in [6.07, 6.45) is 1.42. The molecule has 6 heteroatoms. The first kappa shape index (κ1) is 17.5. The Kier molecular flexibility index (Phi) is 7.82. The maximum atomic E-state index is 11.6. The van der Waals surface area contributed by atoms with Gasteiger partial charge in [0.05, 0.1) is 6.54 Å². The number of carboxylic acids is 1. The molecule has 1 atom stereocenters. The zero-order valence-electron chi connectivity index (χ0n) is 12.0. The molecule has 0 saturated heterocycles. The Morgan fingerprint density at radius 3 is 2.71 bits per heavy atom. The van der Waals surface area contributed by atoms with Gasteiger partial charge in [0, 0.05) is 17.3 Å². The monoisotopic (exact) mass is 357 g/mol. The highest BCUT2D eigenvalue weighted by molar-refractivity contribution is 9.10. The summed E-state index contributed by atoms with van der Waals surface area (Å²) in [4.78, 5) is 21.9. The van der Waals surface area contributed by atoms with Crippen LogP contribution in [0.4, 0.5) is 0 Å². The number of ether oxygens (including phenoxy) is 1. The van der Waals surface area contributed by atoms with Gasteiger partial charge in [-0.15, -0.1) is 0 Å². The van der Waals surface area contributed by atoms with E-state index in [1.807, 2.05) is 31.2 Å². The summed E-state index contributed by atoms with van der Waals surface area (Å²) in [5.41, 5.74) is 0. The Bertz CT molecular complexity index is 478. The number of nitrogens with one attached hydrogen (secondary N) is 1. The maximum absolute atomic E-state index is 11.6. The van der Waals surface area contributed by atoms with Crippen molar-refractivity contribution in [3.05, 3.63) is 28.7 Å². The minimum absolute atomic E-state index is 0.0786. The molecule has 0 aromatic heterocycles. The Hall–Kier alpha value is -1.56. The summed E-state index contributed by atoms with van der Waals surface area (Å²) < 4.78 is 6.62.